The number of hydrogen-bond donors (Lipinski definition) is 3. The number of carbonyl (C=O) groups excluding carboxylic acids is 1. The van der Waals surface area contributed by atoms with Crippen molar-refractivity contribution in [3.8, 4) is 5.75 Å². The largest absolute Gasteiger partial charge is 0.483 e. The molecule has 2 aromatic carbocycles. The van der Waals surface area contributed by atoms with Gasteiger partial charge >= 0.3 is 0 Å². The molecule has 0 unspecified atom stereocenters. The van der Waals surface area contributed by atoms with Crippen LogP contribution in [-0.2, 0) is 9.59 Å². The van der Waals surface area contributed by atoms with Crippen molar-refractivity contribution in [1.29, 1.82) is 0 Å². The van der Waals surface area contributed by atoms with Gasteiger partial charge in [-0.3, -0.25) is 25.0 Å². The highest BCUT2D eigenvalue weighted by atomic mass is 19.1. The fraction of sp³-hybridized carbons (Fsp3) is 0.120. The van der Waals surface area contributed by atoms with Gasteiger partial charge in [0.15, 0.2) is 23.2 Å². The van der Waals surface area contributed by atoms with Crippen molar-refractivity contribution in [2.75, 3.05) is 30.4 Å². The first-order chi connectivity index (χ1) is 17.9. The van der Waals surface area contributed by atoms with Gasteiger partial charge in [0.1, 0.15) is 12.2 Å². The van der Waals surface area contributed by atoms with Gasteiger partial charge < -0.3 is 20.1 Å². The molecule has 10 nitrogen and oxygen atoms in total. The second kappa shape index (κ2) is 11.2. The van der Waals surface area contributed by atoms with Crippen LogP contribution in [0, 0.1) is 11.6 Å². The zero-order chi connectivity index (χ0) is 26.4. The molecule has 3 aliphatic heterocycles. The number of fused-ring (bicyclic) bond motifs is 2. The number of amides is 1. The number of nitrogens with zero attached hydrogens (tertiary/aromatic N) is 4. The number of carboxylic acid groups (broad SMARTS) is 1. The Hall–Kier alpha value is -5.00. The molecular weight excluding hydrogens is 486 g/mol. The lowest BCUT2D eigenvalue weighted by Gasteiger charge is -2.35. The van der Waals surface area contributed by atoms with Crippen LogP contribution in [-0.4, -0.2) is 59.2 Å². The highest BCUT2D eigenvalue weighted by Gasteiger charge is 2.33. The van der Waals surface area contributed by atoms with E-state index in [0.29, 0.717) is 42.6 Å². The average Bonchev–Trinajstić information content (AvgIpc) is 3.38. The lowest BCUT2D eigenvalue weighted by Crippen LogP contribution is -2.42. The van der Waals surface area contributed by atoms with Gasteiger partial charge in [0.25, 0.3) is 6.47 Å². The van der Waals surface area contributed by atoms with E-state index in [-0.39, 0.29) is 18.1 Å². The minimum atomic E-state index is -0.788. The monoisotopic (exact) mass is 508 g/mol. The van der Waals surface area contributed by atoms with Crippen LogP contribution in [0.4, 0.5) is 20.2 Å². The number of benzene rings is 2. The third-order valence-corrected chi connectivity index (χ3v) is 5.33. The predicted octanol–water partition coefficient (Wildman–Crippen LogP) is 3.36. The van der Waals surface area contributed by atoms with Crippen LogP contribution < -0.4 is 15.5 Å². The molecule has 0 aliphatic carbocycles. The smallest absolute Gasteiger partial charge is 0.290 e. The van der Waals surface area contributed by atoms with E-state index in [1.165, 1.54) is 12.1 Å². The fourth-order valence-corrected chi connectivity index (χ4v) is 3.75. The van der Waals surface area contributed by atoms with E-state index in [4.69, 9.17) is 14.6 Å². The lowest BCUT2D eigenvalue weighted by atomic mass is 10.1. The van der Waals surface area contributed by atoms with Crippen LogP contribution in [0.15, 0.2) is 88.3 Å². The molecule has 0 fully saturated rings. The summed E-state index contributed by atoms with van der Waals surface area (Å²) in [5, 5.41) is 11.4. The van der Waals surface area contributed by atoms with Crippen LogP contribution in [0.1, 0.15) is 0 Å². The number of amidine groups is 1. The normalized spacial score (nSPS) is 15.4. The Labute approximate surface area is 210 Å². The summed E-state index contributed by atoms with van der Waals surface area (Å²) in [6.45, 7) is 4.89. The van der Waals surface area contributed by atoms with Crippen molar-refractivity contribution in [3.05, 3.63) is 90.0 Å². The Kier molecular flexibility index (Phi) is 7.57. The number of hydrazine groups is 1. The van der Waals surface area contributed by atoms with Gasteiger partial charge in [0, 0.05) is 24.4 Å². The van der Waals surface area contributed by atoms with Crippen molar-refractivity contribution in [3.63, 3.8) is 0 Å². The molecule has 5 rings (SSSR count). The van der Waals surface area contributed by atoms with Gasteiger partial charge in [-0.15, -0.1) is 0 Å². The maximum atomic E-state index is 14.1. The van der Waals surface area contributed by atoms with E-state index in [2.05, 4.69) is 27.3 Å². The fourth-order valence-electron chi connectivity index (χ4n) is 3.75. The topological polar surface area (TPSA) is 119 Å². The molecule has 0 atom stereocenters. The van der Waals surface area contributed by atoms with Crippen LogP contribution in [0.5, 0.6) is 5.75 Å². The highest BCUT2D eigenvalue weighted by molar-refractivity contribution is 6.01. The van der Waals surface area contributed by atoms with E-state index >= 15 is 0 Å². The molecule has 3 N–H and O–H groups in total. The van der Waals surface area contributed by atoms with Gasteiger partial charge in [-0.05, 0) is 42.5 Å². The maximum absolute atomic E-state index is 14.1. The summed E-state index contributed by atoms with van der Waals surface area (Å²) in [6, 6.07) is 10.4. The van der Waals surface area contributed by atoms with Gasteiger partial charge in [0.05, 0.1) is 30.2 Å². The van der Waals surface area contributed by atoms with E-state index in [1.807, 2.05) is 22.0 Å². The minimum Gasteiger partial charge on any atom is -0.483 e. The summed E-state index contributed by atoms with van der Waals surface area (Å²) in [4.78, 5) is 30.8. The predicted molar refractivity (Wildman–Crippen MR) is 134 cm³/mol. The highest BCUT2D eigenvalue weighted by Crippen LogP contribution is 2.31. The molecule has 0 aromatic heterocycles. The molecule has 0 saturated heterocycles. The molecule has 3 heterocycles. The standard InChI is InChI=1S/C24H20F2N6O2.CH2O2/c1-2-23(33)29-16-4-6-17(7-5-16)30-31-13-20-19(28-14-31)12-22(24-27-9-10-32(20)24)34-21-8-3-15(25)11-18(21)26;2-1-3/h2-8,11-12,14,30H,1,9-10,13H2,(H,29,33);1H,(H,2,3). The van der Waals surface area contributed by atoms with E-state index in [0.717, 1.165) is 23.5 Å². The summed E-state index contributed by atoms with van der Waals surface area (Å²) in [5.74, 6) is -0.875. The molecular formula is C25H22F2N6O4. The molecule has 190 valence electrons. The number of rotatable bonds is 6. The molecule has 37 heavy (non-hydrogen) atoms. The first-order valence-corrected chi connectivity index (χ1v) is 11.0. The quantitative estimate of drug-likeness (QED) is 0.404. The Morgan fingerprint density at radius 1 is 1.16 bits per heavy atom. The molecule has 0 spiro atoms. The van der Waals surface area contributed by atoms with Crippen LogP contribution in [0.25, 0.3) is 0 Å². The molecule has 0 bridgehead atoms. The molecule has 12 heteroatoms. The zero-order valence-corrected chi connectivity index (χ0v) is 19.4. The lowest BCUT2D eigenvalue weighted by molar-refractivity contribution is -0.122. The van der Waals surface area contributed by atoms with Gasteiger partial charge in [0.2, 0.25) is 5.91 Å². The number of hydrogen-bond acceptors (Lipinski definition) is 8. The second-order valence-electron chi connectivity index (χ2n) is 7.73. The number of halogens is 2. The second-order valence-corrected chi connectivity index (χ2v) is 7.73. The molecule has 0 saturated carbocycles. The Morgan fingerprint density at radius 3 is 2.59 bits per heavy atom. The minimum absolute atomic E-state index is 0.0814. The van der Waals surface area contributed by atoms with E-state index in [9.17, 15) is 13.6 Å². The third kappa shape index (κ3) is 5.81. The summed E-state index contributed by atoms with van der Waals surface area (Å²) in [6.07, 6.45) is 4.57. The molecule has 2 aromatic rings. The van der Waals surface area contributed by atoms with Crippen LogP contribution in [0.3, 0.4) is 0 Å². The molecule has 0 radical (unpaired) electrons. The van der Waals surface area contributed by atoms with Gasteiger partial charge in [-0.25, -0.2) is 13.8 Å². The average molecular weight is 508 g/mol. The SMILES string of the molecule is C=CC(=O)Nc1ccc(NN2C=NC3=C(C2)N2CCN=C2C(Oc2ccc(F)cc2F)=C3)cc1.O=CO. The Bertz CT molecular complexity index is 1340. The number of nitrogens with one attached hydrogen (secondary N) is 2. The third-order valence-electron chi connectivity index (χ3n) is 5.33. The number of carbonyl (C=O) groups is 2. The van der Waals surface area contributed by atoms with Crippen molar-refractivity contribution in [1.82, 2.24) is 9.91 Å². The summed E-state index contributed by atoms with van der Waals surface area (Å²) >= 11 is 0. The number of aliphatic imine (C=N–C) groups is 2. The number of allylic oxidation sites excluding steroid dienone is 1. The summed E-state index contributed by atoms with van der Waals surface area (Å²) in [5.41, 5.74) is 6.34. The van der Waals surface area contributed by atoms with Gasteiger partial charge in [-0.2, -0.15) is 0 Å². The first-order valence-electron chi connectivity index (χ1n) is 11.0. The van der Waals surface area contributed by atoms with Crippen molar-refractivity contribution in [2.45, 2.75) is 0 Å². The van der Waals surface area contributed by atoms with Crippen molar-refractivity contribution >= 4 is 35.9 Å². The number of ether oxygens (including phenoxy) is 1. The Morgan fingerprint density at radius 2 is 1.89 bits per heavy atom. The molecule has 3 aliphatic rings. The molecule has 1 amide bonds. The van der Waals surface area contributed by atoms with E-state index in [1.54, 1.807) is 24.5 Å². The van der Waals surface area contributed by atoms with E-state index < -0.39 is 11.6 Å². The first kappa shape index (κ1) is 25.1. The summed E-state index contributed by atoms with van der Waals surface area (Å²) in [7, 11) is 0. The van der Waals surface area contributed by atoms with Gasteiger partial charge in [-0.1, -0.05) is 6.58 Å². The Balaban J connectivity index is 0.00000102. The maximum Gasteiger partial charge on any atom is 0.290 e. The zero-order valence-electron chi connectivity index (χ0n) is 19.4. The summed E-state index contributed by atoms with van der Waals surface area (Å²) < 4.78 is 33.1. The number of anilines is 2. The van der Waals surface area contributed by atoms with Crippen molar-refractivity contribution < 1.29 is 28.2 Å². The van der Waals surface area contributed by atoms with Crippen molar-refractivity contribution in [2.24, 2.45) is 9.98 Å². The van der Waals surface area contributed by atoms with Crippen LogP contribution >= 0.6 is 0 Å². The van der Waals surface area contributed by atoms with Crippen LogP contribution in [0.2, 0.25) is 0 Å².